The molecule has 16 heavy (non-hydrogen) atoms. The van der Waals surface area contributed by atoms with Gasteiger partial charge in [-0.25, -0.2) is 0 Å². The average molecular weight is 225 g/mol. The van der Waals surface area contributed by atoms with Crippen LogP contribution in [0.2, 0.25) is 0 Å². The highest BCUT2D eigenvalue weighted by molar-refractivity contribution is 5.77. The van der Waals surface area contributed by atoms with Gasteiger partial charge in [0.15, 0.2) is 0 Å². The van der Waals surface area contributed by atoms with E-state index in [0.717, 1.165) is 32.2 Å². The van der Waals surface area contributed by atoms with E-state index in [2.05, 4.69) is 15.1 Å². The van der Waals surface area contributed by atoms with Gasteiger partial charge < -0.3 is 5.32 Å². The van der Waals surface area contributed by atoms with E-state index in [-0.39, 0.29) is 0 Å². The van der Waals surface area contributed by atoms with Crippen LogP contribution in [0.25, 0.3) is 0 Å². The van der Waals surface area contributed by atoms with Crippen LogP contribution in [0.1, 0.15) is 19.8 Å². The normalized spacial score (nSPS) is 25.8. The molecule has 2 heterocycles. The van der Waals surface area contributed by atoms with Gasteiger partial charge in [0, 0.05) is 45.3 Å². The molecule has 2 fully saturated rings. The van der Waals surface area contributed by atoms with Gasteiger partial charge in [-0.1, -0.05) is 0 Å². The molecule has 2 aliphatic rings. The third kappa shape index (κ3) is 3.27. The van der Waals surface area contributed by atoms with Crippen molar-refractivity contribution < 1.29 is 4.79 Å². The fourth-order valence-corrected chi connectivity index (χ4v) is 2.80. The summed E-state index contributed by atoms with van der Waals surface area (Å²) in [6.45, 7) is 9.16. The van der Waals surface area contributed by atoms with Crippen LogP contribution in [-0.4, -0.2) is 67.4 Å². The van der Waals surface area contributed by atoms with E-state index in [0.29, 0.717) is 12.3 Å². The van der Waals surface area contributed by atoms with E-state index in [1.165, 1.54) is 25.9 Å². The molecule has 0 aliphatic carbocycles. The number of ketones is 1. The maximum atomic E-state index is 11.0. The third-order valence-electron chi connectivity index (χ3n) is 3.67. The Balaban J connectivity index is 1.73. The van der Waals surface area contributed by atoms with Crippen molar-refractivity contribution in [1.82, 2.24) is 15.1 Å². The number of carbonyl (C=O) groups is 1. The minimum atomic E-state index is 0.292. The molecule has 2 rings (SSSR count). The van der Waals surface area contributed by atoms with Crippen molar-refractivity contribution >= 4 is 5.78 Å². The Morgan fingerprint density at radius 3 is 2.38 bits per heavy atom. The molecule has 0 atom stereocenters. The van der Waals surface area contributed by atoms with Gasteiger partial charge in [-0.3, -0.25) is 14.6 Å². The fraction of sp³-hybridized carbons (Fsp3) is 0.917. The van der Waals surface area contributed by atoms with Gasteiger partial charge in [0.05, 0.1) is 6.54 Å². The van der Waals surface area contributed by atoms with Crippen molar-refractivity contribution in [1.29, 1.82) is 0 Å². The number of nitrogens with zero attached hydrogens (tertiary/aromatic N) is 2. The number of nitrogens with one attached hydrogen (secondary N) is 1. The molecule has 0 unspecified atom stereocenters. The first-order chi connectivity index (χ1) is 7.75. The van der Waals surface area contributed by atoms with Crippen LogP contribution in [0.15, 0.2) is 0 Å². The van der Waals surface area contributed by atoms with Crippen LogP contribution < -0.4 is 5.32 Å². The number of piperazine rings is 1. The Kier molecular flexibility index (Phi) is 4.32. The standard InChI is InChI=1S/C12H23N3O/c1-11(16)10-14-6-2-12(3-7-14)15-8-4-13-5-9-15/h12-13H,2-10H2,1H3. The fourth-order valence-electron chi connectivity index (χ4n) is 2.80. The van der Waals surface area contributed by atoms with Gasteiger partial charge in [-0.15, -0.1) is 0 Å². The quantitative estimate of drug-likeness (QED) is 0.730. The van der Waals surface area contributed by atoms with E-state index in [1.54, 1.807) is 6.92 Å². The Hall–Kier alpha value is -0.450. The minimum Gasteiger partial charge on any atom is -0.314 e. The molecular formula is C12H23N3O. The number of hydrogen-bond donors (Lipinski definition) is 1. The van der Waals surface area contributed by atoms with Gasteiger partial charge in [0.1, 0.15) is 5.78 Å². The second-order valence-electron chi connectivity index (χ2n) is 5.00. The topological polar surface area (TPSA) is 35.6 Å². The van der Waals surface area contributed by atoms with Crippen molar-refractivity contribution in [2.24, 2.45) is 0 Å². The van der Waals surface area contributed by atoms with Gasteiger partial charge in [0.2, 0.25) is 0 Å². The molecule has 1 N–H and O–H groups in total. The van der Waals surface area contributed by atoms with Gasteiger partial charge in [-0.05, 0) is 19.8 Å². The average Bonchev–Trinajstić information content (AvgIpc) is 2.30. The summed E-state index contributed by atoms with van der Waals surface area (Å²) >= 11 is 0. The lowest BCUT2D eigenvalue weighted by Crippen LogP contribution is -2.52. The van der Waals surface area contributed by atoms with Gasteiger partial charge >= 0.3 is 0 Å². The zero-order chi connectivity index (χ0) is 11.4. The first-order valence-corrected chi connectivity index (χ1v) is 6.42. The number of carbonyl (C=O) groups excluding carboxylic acids is 1. The lowest BCUT2D eigenvalue weighted by atomic mass is 10.0. The number of hydrogen-bond acceptors (Lipinski definition) is 4. The minimum absolute atomic E-state index is 0.292. The highest BCUT2D eigenvalue weighted by atomic mass is 16.1. The summed E-state index contributed by atoms with van der Waals surface area (Å²) in [4.78, 5) is 15.9. The molecule has 0 radical (unpaired) electrons. The molecule has 0 amide bonds. The molecule has 2 aliphatic heterocycles. The Labute approximate surface area is 98.0 Å². The first-order valence-electron chi connectivity index (χ1n) is 6.42. The SMILES string of the molecule is CC(=O)CN1CCC(N2CCNCC2)CC1. The lowest BCUT2D eigenvalue weighted by molar-refractivity contribution is -0.118. The highest BCUT2D eigenvalue weighted by Crippen LogP contribution is 2.16. The predicted octanol–water partition coefficient (Wildman–Crippen LogP) is -0.0550. The Morgan fingerprint density at radius 1 is 1.19 bits per heavy atom. The molecule has 0 aromatic heterocycles. The summed E-state index contributed by atoms with van der Waals surface area (Å²) in [6, 6.07) is 0.755. The molecule has 0 spiro atoms. The van der Waals surface area contributed by atoms with E-state index in [4.69, 9.17) is 0 Å². The second kappa shape index (κ2) is 5.75. The molecule has 4 heteroatoms. The molecule has 0 bridgehead atoms. The summed E-state index contributed by atoms with van der Waals surface area (Å²) in [5, 5.41) is 3.39. The molecule has 4 nitrogen and oxygen atoms in total. The molecule has 0 aromatic carbocycles. The number of rotatable bonds is 3. The van der Waals surface area contributed by atoms with Crippen molar-refractivity contribution in [2.45, 2.75) is 25.8 Å². The van der Waals surface area contributed by atoms with Crippen LogP contribution >= 0.6 is 0 Å². The summed E-state index contributed by atoms with van der Waals surface area (Å²) in [7, 11) is 0. The second-order valence-corrected chi connectivity index (χ2v) is 5.00. The largest absolute Gasteiger partial charge is 0.314 e. The van der Waals surface area contributed by atoms with Gasteiger partial charge in [-0.2, -0.15) is 0 Å². The monoisotopic (exact) mass is 225 g/mol. The molecule has 2 saturated heterocycles. The van der Waals surface area contributed by atoms with E-state index < -0.39 is 0 Å². The highest BCUT2D eigenvalue weighted by Gasteiger charge is 2.25. The zero-order valence-electron chi connectivity index (χ0n) is 10.2. The van der Waals surface area contributed by atoms with Gasteiger partial charge in [0.25, 0.3) is 0 Å². The van der Waals surface area contributed by atoms with Crippen LogP contribution in [0.3, 0.4) is 0 Å². The molecule has 0 saturated carbocycles. The number of Topliss-reactive ketones (excluding diaryl/α,β-unsaturated/α-hetero) is 1. The smallest absolute Gasteiger partial charge is 0.143 e. The zero-order valence-corrected chi connectivity index (χ0v) is 10.2. The summed E-state index contributed by atoms with van der Waals surface area (Å²) in [5.41, 5.74) is 0. The predicted molar refractivity (Wildman–Crippen MR) is 64.6 cm³/mol. The summed E-state index contributed by atoms with van der Waals surface area (Å²) in [5.74, 6) is 0.292. The number of likely N-dealkylation sites (tertiary alicyclic amines) is 1. The Morgan fingerprint density at radius 2 is 1.81 bits per heavy atom. The van der Waals surface area contributed by atoms with Crippen LogP contribution in [0.4, 0.5) is 0 Å². The summed E-state index contributed by atoms with van der Waals surface area (Å²) < 4.78 is 0. The molecule has 92 valence electrons. The molecular weight excluding hydrogens is 202 g/mol. The van der Waals surface area contributed by atoms with Crippen LogP contribution in [0.5, 0.6) is 0 Å². The van der Waals surface area contributed by atoms with Crippen molar-refractivity contribution in [3.05, 3.63) is 0 Å². The third-order valence-corrected chi connectivity index (χ3v) is 3.67. The number of piperidine rings is 1. The molecule has 0 aromatic rings. The summed E-state index contributed by atoms with van der Waals surface area (Å²) in [6.07, 6.45) is 2.46. The Bertz CT molecular complexity index is 230. The maximum Gasteiger partial charge on any atom is 0.143 e. The van der Waals surface area contributed by atoms with E-state index in [1.807, 2.05) is 0 Å². The van der Waals surface area contributed by atoms with Crippen molar-refractivity contribution in [3.63, 3.8) is 0 Å². The van der Waals surface area contributed by atoms with Crippen LogP contribution in [-0.2, 0) is 4.79 Å². The van der Waals surface area contributed by atoms with E-state index >= 15 is 0 Å². The van der Waals surface area contributed by atoms with E-state index in [9.17, 15) is 4.79 Å². The maximum absolute atomic E-state index is 11.0. The van der Waals surface area contributed by atoms with Crippen LogP contribution in [0, 0.1) is 0 Å². The van der Waals surface area contributed by atoms with Crippen molar-refractivity contribution in [3.8, 4) is 0 Å². The first kappa shape index (κ1) is 12.0. The lowest BCUT2D eigenvalue weighted by Gasteiger charge is -2.40. The van der Waals surface area contributed by atoms with Crippen molar-refractivity contribution in [2.75, 3.05) is 45.8 Å².